The predicted molar refractivity (Wildman–Crippen MR) is 36.5 cm³/mol. The third-order valence-corrected chi connectivity index (χ3v) is 0.912. The zero-order valence-electron chi connectivity index (χ0n) is 6.01. The molecule has 0 saturated heterocycles. The van der Waals surface area contributed by atoms with Gasteiger partial charge in [0.15, 0.2) is 0 Å². The molecule has 0 atom stereocenters. The van der Waals surface area contributed by atoms with Crippen LogP contribution in [0.4, 0.5) is 0 Å². The van der Waals surface area contributed by atoms with Crippen LogP contribution in [0.2, 0.25) is 0 Å². The van der Waals surface area contributed by atoms with Crippen molar-refractivity contribution in [2.75, 3.05) is 6.61 Å². The third-order valence-electron chi connectivity index (χ3n) is 0.912. The minimum Gasteiger partial charge on any atom is -0.509 e. The maximum Gasteiger partial charge on any atom is 0.298 e. The first kappa shape index (κ1) is 8.52. The van der Waals surface area contributed by atoms with Crippen LogP contribution >= 0.6 is 0 Å². The van der Waals surface area contributed by atoms with Crippen LogP contribution in [0.25, 0.3) is 4.85 Å². The van der Waals surface area contributed by atoms with E-state index in [0.717, 1.165) is 0 Å². The third kappa shape index (κ3) is 2.19. The van der Waals surface area contributed by atoms with Gasteiger partial charge in [-0.1, -0.05) is 0 Å². The smallest absolute Gasteiger partial charge is 0.298 e. The van der Waals surface area contributed by atoms with Gasteiger partial charge < -0.3 is 4.74 Å². The Morgan fingerprint density at radius 2 is 2.40 bits per heavy atom. The maximum absolute atomic E-state index is 8.32. The first-order valence-electron chi connectivity index (χ1n) is 2.87. The first-order valence-corrected chi connectivity index (χ1v) is 2.87. The Kier molecular flexibility index (Phi) is 3.75. The molecule has 0 unspecified atom stereocenters. The van der Waals surface area contributed by atoms with Crippen LogP contribution in [0.5, 0.6) is 0 Å². The van der Waals surface area contributed by atoms with Crippen molar-refractivity contribution in [1.29, 1.82) is 5.26 Å². The van der Waals surface area contributed by atoms with Crippen LogP contribution in [-0.2, 0) is 4.74 Å². The van der Waals surface area contributed by atoms with Gasteiger partial charge in [0.1, 0.15) is 5.76 Å². The van der Waals surface area contributed by atoms with Gasteiger partial charge in [-0.2, -0.15) is 0 Å². The van der Waals surface area contributed by atoms with Gasteiger partial charge in [-0.25, -0.2) is 10.1 Å². The van der Waals surface area contributed by atoms with E-state index < -0.39 is 0 Å². The quantitative estimate of drug-likeness (QED) is 0.329. The molecule has 3 nitrogen and oxygen atoms in total. The molecule has 0 aromatic heterocycles. The number of ether oxygens (including phenoxy) is 1. The minimum atomic E-state index is 0.0295. The molecule has 0 spiro atoms. The molecule has 10 heavy (non-hydrogen) atoms. The van der Waals surface area contributed by atoms with E-state index in [1.54, 1.807) is 13.0 Å². The predicted octanol–water partition coefficient (Wildman–Crippen LogP) is 1.70. The van der Waals surface area contributed by atoms with E-state index in [-0.39, 0.29) is 5.70 Å². The van der Waals surface area contributed by atoms with Crippen LogP contribution in [0.15, 0.2) is 11.5 Å². The fourth-order valence-electron chi connectivity index (χ4n) is 0.467. The highest BCUT2D eigenvalue weighted by Crippen LogP contribution is 2.04. The normalized spacial score (nSPS) is 10.8. The van der Waals surface area contributed by atoms with Crippen LogP contribution in [0.1, 0.15) is 13.8 Å². The Labute approximate surface area is 60.3 Å². The lowest BCUT2D eigenvalue weighted by molar-refractivity contribution is 0.230. The number of hydrogen-bond donors (Lipinski definition) is 0. The van der Waals surface area contributed by atoms with Gasteiger partial charge in [-0.05, 0) is 13.8 Å². The summed E-state index contributed by atoms with van der Waals surface area (Å²) in [7, 11) is 0. The molecule has 0 aliphatic heterocycles. The monoisotopic (exact) mass is 136 g/mol. The number of nitrogens with zero attached hydrogens (tertiary/aromatic N) is 2. The van der Waals surface area contributed by atoms with Crippen molar-refractivity contribution in [3.8, 4) is 6.07 Å². The zero-order valence-corrected chi connectivity index (χ0v) is 6.01. The number of allylic oxidation sites excluding steroid dienone is 2. The molecule has 3 heteroatoms. The molecule has 0 radical (unpaired) electrons. The molecule has 0 saturated carbocycles. The molecule has 0 rings (SSSR count). The average molecular weight is 136 g/mol. The molecule has 0 N–H and O–H groups in total. The van der Waals surface area contributed by atoms with Gasteiger partial charge in [-0.15, -0.1) is 0 Å². The van der Waals surface area contributed by atoms with Crippen molar-refractivity contribution in [2.24, 2.45) is 0 Å². The summed E-state index contributed by atoms with van der Waals surface area (Å²) in [5.74, 6) is 0.403. The Morgan fingerprint density at radius 3 is 2.70 bits per heavy atom. The van der Waals surface area contributed by atoms with Crippen molar-refractivity contribution in [3.63, 3.8) is 0 Å². The molecular formula is C7H8N2O. The number of rotatable bonds is 2. The summed E-state index contributed by atoms with van der Waals surface area (Å²) in [6.45, 7) is 10.4. The SMILES string of the molecule is [C-]#[N+]/C(C#N)=C(\C)OCC. The van der Waals surface area contributed by atoms with Gasteiger partial charge >= 0.3 is 0 Å². The molecule has 0 aromatic carbocycles. The van der Waals surface area contributed by atoms with Crippen LogP contribution in [0.3, 0.4) is 0 Å². The molecule has 0 fully saturated rings. The van der Waals surface area contributed by atoms with Crippen molar-refractivity contribution < 1.29 is 4.74 Å². The van der Waals surface area contributed by atoms with Crippen molar-refractivity contribution >= 4 is 0 Å². The standard InChI is InChI=1S/C7H8N2O/c1-4-10-6(2)7(5-8)9-3/h4H2,1-2H3/b7-6+. The van der Waals surface area contributed by atoms with Crippen LogP contribution in [-0.4, -0.2) is 6.61 Å². The molecule has 0 bridgehead atoms. The second-order valence-corrected chi connectivity index (χ2v) is 1.56. The minimum absolute atomic E-state index is 0.0295. The van der Waals surface area contributed by atoms with E-state index in [1.165, 1.54) is 0 Å². The summed E-state index contributed by atoms with van der Waals surface area (Å²) in [6, 6.07) is 1.74. The average Bonchev–Trinajstić information content (AvgIpc) is 1.91. The number of nitriles is 1. The lowest BCUT2D eigenvalue weighted by atomic mass is 10.4. The number of hydrogen-bond acceptors (Lipinski definition) is 2. The topological polar surface area (TPSA) is 37.4 Å². The lowest BCUT2D eigenvalue weighted by Crippen LogP contribution is -1.88. The molecule has 0 aliphatic carbocycles. The van der Waals surface area contributed by atoms with E-state index in [4.69, 9.17) is 16.6 Å². The summed E-state index contributed by atoms with van der Waals surface area (Å²) < 4.78 is 4.93. The Hall–Kier alpha value is -1.48. The Bertz CT molecular complexity index is 201. The lowest BCUT2D eigenvalue weighted by Gasteiger charge is -2.00. The largest absolute Gasteiger partial charge is 0.509 e. The summed E-state index contributed by atoms with van der Waals surface area (Å²) >= 11 is 0. The molecular weight excluding hydrogens is 128 g/mol. The van der Waals surface area contributed by atoms with Gasteiger partial charge in [0, 0.05) is 0 Å². The van der Waals surface area contributed by atoms with E-state index in [0.29, 0.717) is 12.4 Å². The van der Waals surface area contributed by atoms with Gasteiger partial charge in [0.05, 0.1) is 19.2 Å². The first-order chi connectivity index (χ1) is 4.76. The van der Waals surface area contributed by atoms with Crippen molar-refractivity contribution in [1.82, 2.24) is 0 Å². The van der Waals surface area contributed by atoms with Gasteiger partial charge in [0.2, 0.25) is 0 Å². The molecule has 52 valence electrons. The summed E-state index contributed by atoms with van der Waals surface area (Å²) in [6.07, 6.45) is 0. The fraction of sp³-hybridized carbons (Fsp3) is 0.429. The van der Waals surface area contributed by atoms with E-state index in [2.05, 4.69) is 4.85 Å². The highest BCUT2D eigenvalue weighted by Gasteiger charge is 1.99. The highest BCUT2D eigenvalue weighted by atomic mass is 16.5. The van der Waals surface area contributed by atoms with E-state index in [1.807, 2.05) is 6.92 Å². The second kappa shape index (κ2) is 4.40. The molecule has 0 heterocycles. The maximum atomic E-state index is 8.32. The van der Waals surface area contributed by atoms with Crippen LogP contribution in [0, 0.1) is 17.9 Å². The summed E-state index contributed by atoms with van der Waals surface area (Å²) in [4.78, 5) is 2.97. The van der Waals surface area contributed by atoms with E-state index >= 15 is 0 Å². The Balaban J connectivity index is 4.36. The van der Waals surface area contributed by atoms with Crippen molar-refractivity contribution in [3.05, 3.63) is 22.9 Å². The second-order valence-electron chi connectivity index (χ2n) is 1.56. The molecule has 0 aliphatic rings. The highest BCUT2D eigenvalue weighted by molar-refractivity contribution is 5.29. The summed E-state index contributed by atoms with van der Waals surface area (Å²) in [5, 5.41) is 8.32. The van der Waals surface area contributed by atoms with Crippen LogP contribution < -0.4 is 0 Å². The van der Waals surface area contributed by atoms with Gasteiger partial charge in [0.25, 0.3) is 5.70 Å². The van der Waals surface area contributed by atoms with Crippen molar-refractivity contribution in [2.45, 2.75) is 13.8 Å². The van der Waals surface area contributed by atoms with Gasteiger partial charge in [-0.3, -0.25) is 0 Å². The summed E-state index contributed by atoms with van der Waals surface area (Å²) in [5.41, 5.74) is 0.0295. The fourth-order valence-corrected chi connectivity index (χ4v) is 0.467. The Morgan fingerprint density at radius 1 is 1.80 bits per heavy atom. The molecule has 0 aromatic rings. The zero-order chi connectivity index (χ0) is 7.98. The van der Waals surface area contributed by atoms with E-state index in [9.17, 15) is 0 Å². The molecule has 0 amide bonds.